The molecule has 0 radical (unpaired) electrons. The number of nitrogens with one attached hydrogen (secondary N) is 1. The van der Waals surface area contributed by atoms with Crippen LogP contribution >= 0.6 is 10.7 Å². The van der Waals surface area contributed by atoms with Crippen molar-refractivity contribution in [2.75, 3.05) is 13.2 Å². The smallest absolute Gasteiger partial charge is 0.271 e. The highest BCUT2D eigenvalue weighted by molar-refractivity contribution is 8.13. The summed E-state index contributed by atoms with van der Waals surface area (Å²) >= 11 is 0. The number of nitro benzene ring substituents is 1. The second-order valence-electron chi connectivity index (χ2n) is 3.60. The molecule has 0 aromatic heterocycles. The highest BCUT2D eigenvalue weighted by Gasteiger charge is 2.21. The number of benzene rings is 1. The van der Waals surface area contributed by atoms with Gasteiger partial charge in [0, 0.05) is 22.8 Å². The van der Waals surface area contributed by atoms with Crippen molar-refractivity contribution in [1.82, 2.24) is 5.32 Å². The number of hydrogen-bond acceptors (Lipinski definition) is 6. The Morgan fingerprint density at radius 2 is 2.19 bits per heavy atom. The van der Waals surface area contributed by atoms with Crippen LogP contribution in [0, 0.1) is 22.5 Å². The van der Waals surface area contributed by atoms with Crippen molar-refractivity contribution in [3.63, 3.8) is 0 Å². The zero-order valence-corrected chi connectivity index (χ0v) is 12.0. The van der Waals surface area contributed by atoms with Gasteiger partial charge in [0.1, 0.15) is 10.6 Å². The van der Waals surface area contributed by atoms with E-state index in [1.165, 1.54) is 0 Å². The van der Waals surface area contributed by atoms with Crippen LogP contribution < -0.4 is 10.1 Å². The number of nitro groups is 1. The molecule has 1 rings (SSSR count). The van der Waals surface area contributed by atoms with E-state index in [0.29, 0.717) is 0 Å². The van der Waals surface area contributed by atoms with Crippen LogP contribution in [0.3, 0.4) is 0 Å². The van der Waals surface area contributed by atoms with Gasteiger partial charge in [-0.15, -0.1) is 6.42 Å². The summed E-state index contributed by atoms with van der Waals surface area (Å²) in [5.41, 5.74) is -0.474. The van der Waals surface area contributed by atoms with Crippen molar-refractivity contribution in [3.8, 4) is 18.1 Å². The Balaban J connectivity index is 3.00. The van der Waals surface area contributed by atoms with E-state index >= 15 is 0 Å². The number of terminal acetylenes is 1. The van der Waals surface area contributed by atoms with Gasteiger partial charge in [-0.3, -0.25) is 14.9 Å². The normalized spacial score (nSPS) is 10.5. The number of carbonyl (C=O) groups excluding carboxylic acids is 1. The molecule has 0 unspecified atom stereocenters. The first-order chi connectivity index (χ1) is 9.75. The van der Waals surface area contributed by atoms with E-state index in [-0.39, 0.29) is 12.3 Å². The predicted molar refractivity (Wildman–Crippen MR) is 73.5 cm³/mol. The minimum Gasteiger partial charge on any atom is -0.482 e. The molecule has 0 saturated carbocycles. The predicted octanol–water partition coefficient (Wildman–Crippen LogP) is 0.650. The summed E-state index contributed by atoms with van der Waals surface area (Å²) in [5.74, 6) is 1.32. The number of hydrogen-bond donors (Lipinski definition) is 1. The molecule has 1 N–H and O–H groups in total. The van der Waals surface area contributed by atoms with Crippen LogP contribution in [0.1, 0.15) is 0 Å². The average Bonchev–Trinajstić information content (AvgIpc) is 2.41. The Labute approximate surface area is 124 Å². The molecule has 10 heteroatoms. The maximum Gasteiger partial charge on any atom is 0.271 e. The van der Waals surface area contributed by atoms with Crippen molar-refractivity contribution >= 4 is 31.3 Å². The van der Waals surface area contributed by atoms with E-state index in [0.717, 1.165) is 18.2 Å². The molecule has 112 valence electrons. The second-order valence-corrected chi connectivity index (χ2v) is 6.13. The molecule has 8 nitrogen and oxygen atoms in total. The number of ether oxygens (including phenoxy) is 1. The van der Waals surface area contributed by atoms with Crippen molar-refractivity contribution in [2.24, 2.45) is 0 Å². The molecule has 0 saturated heterocycles. The topological polar surface area (TPSA) is 116 Å². The van der Waals surface area contributed by atoms with Gasteiger partial charge in [-0.25, -0.2) is 8.42 Å². The summed E-state index contributed by atoms with van der Waals surface area (Å²) in [7, 11) is 0.906. The second kappa shape index (κ2) is 6.92. The summed E-state index contributed by atoms with van der Waals surface area (Å²) in [6.07, 6.45) is 4.94. The van der Waals surface area contributed by atoms with Crippen LogP contribution in [0.2, 0.25) is 0 Å². The summed E-state index contributed by atoms with van der Waals surface area (Å²) < 4.78 is 27.8. The van der Waals surface area contributed by atoms with E-state index in [1.54, 1.807) is 0 Å². The van der Waals surface area contributed by atoms with Crippen LogP contribution in [0.4, 0.5) is 5.69 Å². The van der Waals surface area contributed by atoms with Gasteiger partial charge >= 0.3 is 0 Å². The molecule has 1 aromatic carbocycles. The SMILES string of the molecule is C#CCNC(=O)COc1ccc([N+](=O)[O-])cc1S(=O)(=O)Cl. The van der Waals surface area contributed by atoms with Gasteiger partial charge in [0.05, 0.1) is 11.5 Å². The first kappa shape index (κ1) is 16.7. The minimum absolute atomic E-state index is 0.0108. The third kappa shape index (κ3) is 4.94. The Bertz CT molecular complexity index is 710. The molecule has 0 aliphatic heterocycles. The van der Waals surface area contributed by atoms with Gasteiger partial charge in [-0.05, 0) is 6.07 Å². The lowest BCUT2D eigenvalue weighted by atomic mass is 10.3. The lowest BCUT2D eigenvalue weighted by Gasteiger charge is -2.09. The van der Waals surface area contributed by atoms with Crippen LogP contribution in [0.25, 0.3) is 0 Å². The maximum absolute atomic E-state index is 11.4. The standard InChI is InChI=1S/C11H9ClN2O6S/c1-2-5-13-11(15)7-20-9-4-3-8(14(16)17)6-10(9)21(12,18)19/h1,3-4,6H,5,7H2,(H,13,15). The quantitative estimate of drug-likeness (QED) is 0.354. The van der Waals surface area contributed by atoms with E-state index in [4.69, 9.17) is 21.8 Å². The van der Waals surface area contributed by atoms with Gasteiger partial charge in [0.2, 0.25) is 0 Å². The summed E-state index contributed by atoms with van der Waals surface area (Å²) in [4.78, 5) is 20.5. The average molecular weight is 333 g/mol. The molecule has 1 aromatic rings. The number of carbonyl (C=O) groups is 1. The number of rotatable bonds is 6. The fourth-order valence-corrected chi connectivity index (χ4v) is 2.25. The van der Waals surface area contributed by atoms with Crippen LogP contribution in [0.5, 0.6) is 5.75 Å². The van der Waals surface area contributed by atoms with Gasteiger partial charge in [0.25, 0.3) is 20.6 Å². The van der Waals surface area contributed by atoms with Crippen LogP contribution in [0.15, 0.2) is 23.1 Å². The monoisotopic (exact) mass is 332 g/mol. The van der Waals surface area contributed by atoms with Gasteiger partial charge in [-0.1, -0.05) is 5.92 Å². The van der Waals surface area contributed by atoms with Crippen LogP contribution in [-0.4, -0.2) is 32.4 Å². The van der Waals surface area contributed by atoms with E-state index in [2.05, 4.69) is 11.2 Å². The Morgan fingerprint density at radius 1 is 1.52 bits per heavy atom. The molecule has 0 atom stereocenters. The Morgan fingerprint density at radius 3 is 2.71 bits per heavy atom. The van der Waals surface area contributed by atoms with Gasteiger partial charge < -0.3 is 10.1 Å². The van der Waals surface area contributed by atoms with E-state index in [9.17, 15) is 23.3 Å². The third-order valence-corrected chi connectivity index (χ3v) is 3.49. The van der Waals surface area contributed by atoms with Crippen molar-refractivity contribution in [1.29, 1.82) is 0 Å². The number of amides is 1. The summed E-state index contributed by atoms with van der Waals surface area (Å²) in [6.45, 7) is -0.526. The van der Waals surface area contributed by atoms with Crippen LogP contribution in [-0.2, 0) is 13.8 Å². The molecule has 1 amide bonds. The molecule has 0 spiro atoms. The zero-order valence-electron chi connectivity index (χ0n) is 10.4. The fraction of sp³-hybridized carbons (Fsp3) is 0.182. The molecular formula is C11H9ClN2O6S. The molecule has 0 heterocycles. The molecule has 0 bridgehead atoms. The van der Waals surface area contributed by atoms with Gasteiger partial charge in [-0.2, -0.15) is 0 Å². The first-order valence-electron chi connectivity index (χ1n) is 5.31. The molecule has 0 aliphatic rings. The Kier molecular flexibility index (Phi) is 5.52. The highest BCUT2D eigenvalue weighted by atomic mass is 35.7. The third-order valence-electron chi connectivity index (χ3n) is 2.15. The molecule has 0 fully saturated rings. The first-order valence-corrected chi connectivity index (χ1v) is 7.62. The lowest BCUT2D eigenvalue weighted by Crippen LogP contribution is -2.29. The maximum atomic E-state index is 11.4. The highest BCUT2D eigenvalue weighted by Crippen LogP contribution is 2.30. The number of non-ortho nitro benzene ring substituents is 1. The molecule has 21 heavy (non-hydrogen) atoms. The van der Waals surface area contributed by atoms with E-state index < -0.39 is 37.1 Å². The lowest BCUT2D eigenvalue weighted by molar-refractivity contribution is -0.385. The van der Waals surface area contributed by atoms with Gasteiger partial charge in [0.15, 0.2) is 6.61 Å². The fourth-order valence-electron chi connectivity index (χ4n) is 1.26. The zero-order chi connectivity index (χ0) is 16.0. The number of halogens is 1. The summed E-state index contributed by atoms with van der Waals surface area (Å²) in [5, 5.41) is 12.9. The number of nitrogens with zero attached hydrogens (tertiary/aromatic N) is 1. The molecular weight excluding hydrogens is 324 g/mol. The largest absolute Gasteiger partial charge is 0.482 e. The summed E-state index contributed by atoms with van der Waals surface area (Å²) in [6, 6.07) is 2.82. The van der Waals surface area contributed by atoms with Crippen molar-refractivity contribution in [2.45, 2.75) is 4.90 Å². The van der Waals surface area contributed by atoms with Crippen molar-refractivity contribution < 1.29 is 22.9 Å². The minimum atomic E-state index is -4.28. The van der Waals surface area contributed by atoms with E-state index in [1.807, 2.05) is 0 Å². The molecule has 0 aliphatic carbocycles. The van der Waals surface area contributed by atoms with Crippen molar-refractivity contribution in [3.05, 3.63) is 28.3 Å². The Hall–Kier alpha value is -2.31.